The van der Waals surface area contributed by atoms with Crippen molar-refractivity contribution < 1.29 is 69.7 Å². The molecular formula is C7H11F6O10PS2. The van der Waals surface area contributed by atoms with Crippen molar-refractivity contribution in [3.8, 4) is 0 Å². The molecule has 0 bridgehead atoms. The molecule has 0 aliphatic carbocycles. The number of phosphoric acid groups is 1. The highest BCUT2D eigenvalue weighted by molar-refractivity contribution is 7.87. The van der Waals surface area contributed by atoms with E-state index in [9.17, 15) is 47.7 Å². The largest absolute Gasteiger partial charge is 0.537 e. The van der Waals surface area contributed by atoms with Crippen LogP contribution in [-0.4, -0.2) is 48.0 Å². The maximum absolute atomic E-state index is 11.9. The van der Waals surface area contributed by atoms with Crippen LogP contribution in [0.3, 0.4) is 0 Å². The smallest absolute Gasteiger partial charge is 0.287 e. The van der Waals surface area contributed by atoms with Crippen molar-refractivity contribution in [1.82, 2.24) is 0 Å². The second-order valence-electron chi connectivity index (χ2n) is 3.95. The maximum atomic E-state index is 11.9. The van der Waals surface area contributed by atoms with Gasteiger partial charge < -0.3 is 0 Å². The number of hydrogen-bond donors (Lipinski definition) is 0. The van der Waals surface area contributed by atoms with Crippen LogP contribution in [0.1, 0.15) is 13.3 Å². The van der Waals surface area contributed by atoms with Crippen LogP contribution in [-0.2, 0) is 46.7 Å². The molecule has 0 saturated carbocycles. The Morgan fingerprint density at radius 3 is 1.38 bits per heavy atom. The van der Waals surface area contributed by atoms with Crippen LogP contribution < -0.4 is 0 Å². The van der Waals surface area contributed by atoms with Gasteiger partial charge in [0.2, 0.25) is 0 Å². The van der Waals surface area contributed by atoms with Crippen molar-refractivity contribution in [2.24, 2.45) is 0 Å². The zero-order valence-electron chi connectivity index (χ0n) is 12.4. The first-order valence-electron chi connectivity index (χ1n) is 5.92. The fraction of sp³-hybridized carbons (Fsp3) is 1.00. The van der Waals surface area contributed by atoms with E-state index < -0.39 is 59.3 Å². The van der Waals surface area contributed by atoms with Crippen LogP contribution in [0.4, 0.5) is 26.3 Å². The third-order valence-corrected chi connectivity index (χ3v) is 5.04. The molecule has 0 unspecified atom stereocenters. The van der Waals surface area contributed by atoms with Gasteiger partial charge >= 0.3 is 20.5 Å². The Kier molecular flexibility index (Phi) is 8.96. The van der Waals surface area contributed by atoms with E-state index in [4.69, 9.17) is 0 Å². The zero-order chi connectivity index (χ0) is 20.9. The van der Waals surface area contributed by atoms with Gasteiger partial charge in [-0.3, -0.25) is 13.6 Å². The second-order valence-corrected chi connectivity index (χ2v) is 8.65. The molecule has 26 heavy (non-hydrogen) atoms. The average molecular weight is 464 g/mol. The molecule has 0 aromatic carbocycles. The van der Waals surface area contributed by atoms with Gasteiger partial charge in [-0.15, -0.1) is 26.3 Å². The summed E-state index contributed by atoms with van der Waals surface area (Å²) < 4.78 is 144. The van der Waals surface area contributed by atoms with Crippen LogP contribution in [0.2, 0.25) is 0 Å². The van der Waals surface area contributed by atoms with Crippen LogP contribution in [0, 0.1) is 0 Å². The molecule has 0 radical (unpaired) electrons. The van der Waals surface area contributed by atoms with Gasteiger partial charge in [-0.2, -0.15) is 25.2 Å². The molecule has 158 valence electrons. The summed E-state index contributed by atoms with van der Waals surface area (Å²) in [7, 11) is -16.3. The molecule has 0 fully saturated rings. The van der Waals surface area contributed by atoms with Gasteiger partial charge in [0.05, 0.1) is 6.61 Å². The van der Waals surface area contributed by atoms with Gasteiger partial charge in [-0.05, 0) is 6.42 Å². The Morgan fingerprint density at radius 2 is 1.12 bits per heavy atom. The van der Waals surface area contributed by atoms with Gasteiger partial charge in [0.25, 0.3) is 20.2 Å². The average Bonchev–Trinajstić information content (AvgIpc) is 2.36. The molecule has 0 aliphatic heterocycles. The Balaban J connectivity index is 5.08. The van der Waals surface area contributed by atoms with Crippen LogP contribution >= 0.6 is 7.82 Å². The number of rotatable bonds is 11. The van der Waals surface area contributed by atoms with Gasteiger partial charge in [0.1, 0.15) is 0 Å². The topological polar surface area (TPSA) is 132 Å². The molecule has 0 aromatic heterocycles. The molecule has 0 aliphatic rings. The molecular weight excluding hydrogens is 453 g/mol. The normalized spacial score (nSPS) is 14.6. The third kappa shape index (κ3) is 12.8. The minimum atomic E-state index is -5.65. The van der Waals surface area contributed by atoms with E-state index in [1.807, 2.05) is 0 Å². The van der Waals surface area contributed by atoms with Crippen LogP contribution in [0.15, 0.2) is 0 Å². The quantitative estimate of drug-likeness (QED) is 0.255. The predicted octanol–water partition coefficient (Wildman–Crippen LogP) is 2.20. The fourth-order valence-electron chi connectivity index (χ4n) is 0.909. The summed E-state index contributed by atoms with van der Waals surface area (Å²) in [5, 5.41) is 0. The van der Waals surface area contributed by atoms with E-state index >= 15 is 0 Å². The van der Waals surface area contributed by atoms with E-state index in [0.29, 0.717) is 0 Å². The van der Waals surface area contributed by atoms with Gasteiger partial charge in [-0.25, -0.2) is 4.57 Å². The lowest BCUT2D eigenvalue weighted by Gasteiger charge is -2.18. The second kappa shape index (κ2) is 9.13. The third-order valence-electron chi connectivity index (χ3n) is 1.61. The minimum Gasteiger partial charge on any atom is -0.287 e. The van der Waals surface area contributed by atoms with Gasteiger partial charge in [0, 0.05) is 0 Å². The number of halogens is 6. The standard InChI is InChI=1S/C7H11F6O10PS2/c1-2-3-19-24(14,20-4-25(15,16)22-6(8,9)10)21-5-26(17,18)23-7(11,12)13/h2-5H2,1H3. The molecule has 0 saturated heterocycles. The molecule has 0 aromatic rings. The highest BCUT2D eigenvalue weighted by Gasteiger charge is 2.41. The molecule has 0 rings (SSSR count). The Hall–Kier alpha value is -0.490. The van der Waals surface area contributed by atoms with Crippen LogP contribution in [0.5, 0.6) is 0 Å². The van der Waals surface area contributed by atoms with E-state index in [1.54, 1.807) is 0 Å². The SMILES string of the molecule is CCCOP(=O)(OCS(=O)(=O)OC(F)(F)F)OCS(=O)(=O)OC(F)(F)F. The summed E-state index contributed by atoms with van der Waals surface area (Å²) >= 11 is 0. The summed E-state index contributed by atoms with van der Waals surface area (Å²) in [6.07, 6.45) is -11.3. The molecule has 0 amide bonds. The summed E-state index contributed by atoms with van der Waals surface area (Å²) in [5.74, 6) is -4.15. The Morgan fingerprint density at radius 1 is 0.769 bits per heavy atom. The highest BCUT2D eigenvalue weighted by atomic mass is 32.2. The maximum Gasteiger partial charge on any atom is 0.537 e. The zero-order valence-corrected chi connectivity index (χ0v) is 15.0. The Labute approximate surface area is 143 Å². The summed E-state index contributed by atoms with van der Waals surface area (Å²) in [6.45, 7) is 0.856. The first kappa shape index (κ1) is 25.5. The molecule has 19 heteroatoms. The molecule has 0 atom stereocenters. The van der Waals surface area contributed by atoms with E-state index in [0.717, 1.165) is 0 Å². The van der Waals surface area contributed by atoms with Gasteiger partial charge in [-0.1, -0.05) is 6.92 Å². The minimum absolute atomic E-state index is 0.0499. The first-order valence-corrected chi connectivity index (χ1v) is 10.5. The monoisotopic (exact) mass is 464 g/mol. The van der Waals surface area contributed by atoms with Crippen molar-refractivity contribution in [3.05, 3.63) is 0 Å². The van der Waals surface area contributed by atoms with Crippen molar-refractivity contribution in [3.63, 3.8) is 0 Å². The van der Waals surface area contributed by atoms with E-state index in [-0.39, 0.29) is 6.42 Å². The first-order chi connectivity index (χ1) is 11.4. The van der Waals surface area contributed by atoms with Crippen molar-refractivity contribution in [1.29, 1.82) is 0 Å². The highest BCUT2D eigenvalue weighted by Crippen LogP contribution is 2.50. The van der Waals surface area contributed by atoms with E-state index in [1.165, 1.54) is 6.92 Å². The van der Waals surface area contributed by atoms with Crippen molar-refractivity contribution in [2.45, 2.75) is 26.1 Å². The van der Waals surface area contributed by atoms with Gasteiger partial charge in [0.15, 0.2) is 11.9 Å². The van der Waals surface area contributed by atoms with E-state index in [2.05, 4.69) is 21.9 Å². The molecule has 0 spiro atoms. The number of phosphoric ester groups is 1. The molecule has 0 N–H and O–H groups in total. The van der Waals surface area contributed by atoms with Crippen molar-refractivity contribution in [2.75, 3.05) is 18.5 Å². The predicted molar refractivity (Wildman–Crippen MR) is 67.9 cm³/mol. The number of alkyl halides is 6. The Bertz CT molecular complexity index is 644. The summed E-state index contributed by atoms with van der Waals surface area (Å²) in [6, 6.07) is 0. The summed E-state index contributed by atoms with van der Waals surface area (Å²) in [4.78, 5) is 0. The molecule has 0 heterocycles. The summed E-state index contributed by atoms with van der Waals surface area (Å²) in [5.41, 5.74) is 0. The van der Waals surface area contributed by atoms with Crippen molar-refractivity contribution >= 4 is 28.1 Å². The lowest BCUT2D eigenvalue weighted by molar-refractivity contribution is -0.273. The lowest BCUT2D eigenvalue weighted by atomic mass is 10.5. The molecule has 10 nitrogen and oxygen atoms in total. The number of hydrogen-bond acceptors (Lipinski definition) is 10. The van der Waals surface area contributed by atoms with Crippen LogP contribution in [0.25, 0.3) is 0 Å². The lowest BCUT2D eigenvalue weighted by Crippen LogP contribution is -2.24. The fourth-order valence-corrected chi connectivity index (χ4v) is 4.28.